The van der Waals surface area contributed by atoms with E-state index in [2.05, 4.69) is 25.3 Å². The number of nitrogens with two attached hydrogens (primary N) is 1. The van der Waals surface area contributed by atoms with Crippen LogP contribution in [0.4, 0.5) is 30.6 Å². The van der Waals surface area contributed by atoms with Crippen LogP contribution in [0.1, 0.15) is 38.3 Å². The van der Waals surface area contributed by atoms with Crippen molar-refractivity contribution in [1.82, 2.24) is 9.97 Å². The normalized spacial score (nSPS) is 11.4. The van der Waals surface area contributed by atoms with Crippen molar-refractivity contribution in [2.45, 2.75) is 39.4 Å². The fraction of sp³-hybridized carbons (Fsp3) is 0.381. The van der Waals surface area contributed by atoms with Crippen LogP contribution in [0.25, 0.3) is 0 Å². The number of nitrogen functional groups attached to an aromatic ring is 1. The van der Waals surface area contributed by atoms with Gasteiger partial charge in [0.1, 0.15) is 12.1 Å². The molecule has 0 fully saturated rings. The van der Waals surface area contributed by atoms with Crippen molar-refractivity contribution in [1.29, 1.82) is 5.26 Å². The van der Waals surface area contributed by atoms with Crippen molar-refractivity contribution in [2.24, 2.45) is 0 Å². The molecule has 1 aromatic heterocycles. The van der Waals surface area contributed by atoms with Crippen molar-refractivity contribution >= 4 is 29.3 Å². The predicted octanol–water partition coefficient (Wildman–Crippen LogP) is 3.36. The Morgan fingerprint density at radius 2 is 2.00 bits per heavy atom. The Morgan fingerprint density at radius 3 is 2.59 bits per heavy atom. The molecule has 0 unspecified atom stereocenters. The average Bonchev–Trinajstić information content (AvgIpc) is 2.76. The number of alkyl halides is 3. The van der Waals surface area contributed by atoms with E-state index >= 15 is 0 Å². The molecule has 34 heavy (non-hydrogen) atoms. The summed E-state index contributed by atoms with van der Waals surface area (Å²) < 4.78 is 48.8. The Morgan fingerprint density at radius 1 is 1.29 bits per heavy atom. The first kappa shape index (κ1) is 28.0. The Bertz CT molecular complexity index is 1060. The summed E-state index contributed by atoms with van der Waals surface area (Å²) in [4.78, 5) is 32.2. The number of anilines is 3. The first-order valence-electron chi connectivity index (χ1n) is 9.60. The van der Waals surface area contributed by atoms with Gasteiger partial charge in [-0.2, -0.15) is 28.4 Å². The van der Waals surface area contributed by atoms with Gasteiger partial charge < -0.3 is 25.8 Å². The summed E-state index contributed by atoms with van der Waals surface area (Å²) >= 11 is 0. The second-order valence-corrected chi connectivity index (χ2v) is 6.53. The van der Waals surface area contributed by atoms with Gasteiger partial charge in [-0.1, -0.05) is 13.5 Å². The molecule has 0 aliphatic carbocycles. The zero-order valence-corrected chi connectivity index (χ0v) is 17.7. The largest absolute Gasteiger partial charge is 0.477 e. The smallest absolute Gasteiger partial charge is 0.416 e. The van der Waals surface area contributed by atoms with Crippen LogP contribution < -0.4 is 21.1 Å². The van der Waals surface area contributed by atoms with E-state index in [4.69, 9.17) is 10.5 Å². The Labute approximate surface area is 194 Å². The van der Waals surface area contributed by atoms with E-state index in [0.29, 0.717) is 0 Å². The molecule has 13 heteroatoms. The van der Waals surface area contributed by atoms with Gasteiger partial charge in [-0.05, 0) is 31.5 Å². The number of ether oxygens (including phenoxy) is 2. The van der Waals surface area contributed by atoms with Crippen molar-refractivity contribution in [3.63, 3.8) is 0 Å². The molecule has 1 heterocycles. The molecule has 2 aromatic rings. The van der Waals surface area contributed by atoms with E-state index in [0.717, 1.165) is 18.2 Å². The van der Waals surface area contributed by atoms with Crippen LogP contribution in [0, 0.1) is 11.3 Å². The number of amides is 1. The predicted molar refractivity (Wildman–Crippen MR) is 118 cm³/mol. The number of aromatic nitrogens is 2. The summed E-state index contributed by atoms with van der Waals surface area (Å²) in [6.45, 7) is 1.83. The second kappa shape index (κ2) is 12.2. The number of halogens is 3. The molecular weight excluding hydrogens is 457 g/mol. The minimum absolute atomic E-state index is 0. The number of nitrogens with one attached hydrogen (secondary N) is 2. The van der Waals surface area contributed by atoms with Gasteiger partial charge in [-0.25, -0.2) is 0 Å². The van der Waals surface area contributed by atoms with Crippen LogP contribution in [0.2, 0.25) is 0 Å². The summed E-state index contributed by atoms with van der Waals surface area (Å²) in [5.74, 6) is -1.89. The zero-order chi connectivity index (χ0) is 24.6. The van der Waals surface area contributed by atoms with Gasteiger partial charge in [-0.3, -0.25) is 9.59 Å². The highest BCUT2D eigenvalue weighted by molar-refractivity contribution is 5.97. The third kappa shape index (κ3) is 7.51. The number of carbonyl (C=O) groups is 2. The molecule has 2 rings (SSSR count). The van der Waals surface area contributed by atoms with Gasteiger partial charge in [-0.15, -0.1) is 0 Å². The zero-order valence-electron chi connectivity index (χ0n) is 17.7. The Hall–Kier alpha value is -4.08. The molecule has 0 saturated heterocycles. The molecule has 4 N–H and O–H groups in total. The van der Waals surface area contributed by atoms with E-state index in [1.54, 1.807) is 6.92 Å². The van der Waals surface area contributed by atoms with Crippen molar-refractivity contribution in [3.05, 3.63) is 35.4 Å². The van der Waals surface area contributed by atoms with Gasteiger partial charge >= 0.3 is 12.1 Å². The molecule has 0 spiro atoms. The topological polar surface area (TPSA) is 152 Å². The lowest BCUT2D eigenvalue weighted by Crippen LogP contribution is -2.36. The highest BCUT2D eigenvalue weighted by atomic mass is 19.4. The van der Waals surface area contributed by atoms with E-state index in [-0.39, 0.29) is 55.8 Å². The van der Waals surface area contributed by atoms with Gasteiger partial charge in [0.05, 0.1) is 19.3 Å². The third-order valence-electron chi connectivity index (χ3n) is 4.24. The number of hydrogen-bond acceptors (Lipinski definition) is 9. The first-order valence-corrected chi connectivity index (χ1v) is 9.60. The number of rotatable bonds is 9. The molecule has 184 valence electrons. The van der Waals surface area contributed by atoms with E-state index < -0.39 is 29.7 Å². The number of methoxy groups -OCH3 is 1. The summed E-state index contributed by atoms with van der Waals surface area (Å²) in [6.07, 6.45) is -4.93. The maximum absolute atomic E-state index is 13.0. The number of carbonyl (C=O) groups excluding carboxylic acids is 2. The van der Waals surface area contributed by atoms with Crippen molar-refractivity contribution < 1.29 is 32.2 Å². The van der Waals surface area contributed by atoms with Crippen LogP contribution in [-0.2, 0) is 20.5 Å². The van der Waals surface area contributed by atoms with Crippen molar-refractivity contribution in [3.8, 4) is 11.9 Å². The summed E-state index contributed by atoms with van der Waals surface area (Å²) in [6, 6.07) is 4.71. The maximum Gasteiger partial charge on any atom is 0.416 e. The SMILES string of the molecule is C.CCOc1nc(N)nc(N[C@@H](CCC(=O)OC)C(=O)Nc2cccc(C(F)(F)F)c2)c1C#N. The monoisotopic (exact) mass is 482 g/mol. The number of nitriles is 1. The average molecular weight is 482 g/mol. The fourth-order valence-electron chi connectivity index (χ4n) is 2.70. The summed E-state index contributed by atoms with van der Waals surface area (Å²) in [7, 11) is 1.17. The first-order chi connectivity index (χ1) is 15.6. The number of nitrogens with zero attached hydrogens (tertiary/aromatic N) is 3. The highest BCUT2D eigenvalue weighted by Crippen LogP contribution is 2.31. The quantitative estimate of drug-likeness (QED) is 0.457. The van der Waals surface area contributed by atoms with Crippen LogP contribution in [0.5, 0.6) is 5.88 Å². The third-order valence-corrected chi connectivity index (χ3v) is 4.24. The number of benzene rings is 1. The number of esters is 1. The molecule has 1 atom stereocenters. The van der Waals surface area contributed by atoms with Crippen LogP contribution in [-0.4, -0.2) is 41.6 Å². The number of hydrogen-bond donors (Lipinski definition) is 3. The van der Waals surface area contributed by atoms with Gasteiger partial charge in [0, 0.05) is 12.1 Å². The van der Waals surface area contributed by atoms with E-state index in [9.17, 15) is 28.0 Å². The molecular formula is C21H25F3N6O4. The fourth-order valence-corrected chi connectivity index (χ4v) is 2.70. The highest BCUT2D eigenvalue weighted by Gasteiger charge is 2.31. The lowest BCUT2D eigenvalue weighted by Gasteiger charge is -2.20. The minimum Gasteiger partial charge on any atom is -0.477 e. The molecule has 0 radical (unpaired) electrons. The molecule has 0 bridgehead atoms. The van der Waals surface area contributed by atoms with Gasteiger partial charge in [0.15, 0.2) is 11.4 Å². The molecule has 10 nitrogen and oxygen atoms in total. The van der Waals surface area contributed by atoms with Gasteiger partial charge in [0.25, 0.3) is 0 Å². The molecule has 0 aliphatic rings. The molecule has 0 saturated carbocycles. The van der Waals surface area contributed by atoms with Gasteiger partial charge in [0.2, 0.25) is 17.7 Å². The standard InChI is InChI=1S/C20H21F3N6O4.CH4/c1-3-33-18-13(10-24)16(28-19(25)29-18)27-14(7-8-15(30)32-2)17(31)26-12-6-4-5-11(9-12)20(21,22)23;/h4-6,9,14H,3,7-8H2,1-2H3,(H,26,31)(H3,25,27,28,29);1H4/t14-;/m0./s1. The van der Waals surface area contributed by atoms with E-state index in [1.807, 2.05) is 6.07 Å². The summed E-state index contributed by atoms with van der Waals surface area (Å²) in [5.41, 5.74) is 4.46. The van der Waals surface area contributed by atoms with Crippen LogP contribution in [0.15, 0.2) is 24.3 Å². The molecule has 1 aromatic carbocycles. The lowest BCUT2D eigenvalue weighted by molar-refractivity contribution is -0.141. The van der Waals surface area contributed by atoms with Crippen molar-refractivity contribution in [2.75, 3.05) is 30.1 Å². The molecule has 1 amide bonds. The molecule has 0 aliphatic heterocycles. The van der Waals surface area contributed by atoms with E-state index in [1.165, 1.54) is 13.2 Å². The second-order valence-electron chi connectivity index (χ2n) is 6.53. The maximum atomic E-state index is 13.0. The summed E-state index contributed by atoms with van der Waals surface area (Å²) in [5, 5.41) is 14.6. The van der Waals surface area contributed by atoms with Crippen LogP contribution in [0.3, 0.4) is 0 Å². The van der Waals surface area contributed by atoms with Crippen LogP contribution >= 0.6 is 0 Å². The lowest BCUT2D eigenvalue weighted by atomic mass is 10.1. The Kier molecular flexibility index (Phi) is 10.1. The Balaban J connectivity index is 0.00000578. The minimum atomic E-state index is -4.60.